The summed E-state index contributed by atoms with van der Waals surface area (Å²) in [6.07, 6.45) is 8.56. The van der Waals surface area contributed by atoms with E-state index in [-0.39, 0.29) is 0 Å². The van der Waals surface area contributed by atoms with Gasteiger partial charge in [0.2, 0.25) is 0 Å². The van der Waals surface area contributed by atoms with Gasteiger partial charge in [-0.3, -0.25) is 4.99 Å². The largest absolute Gasteiger partial charge is 0.349 e. The molecule has 0 atom stereocenters. The Morgan fingerprint density at radius 3 is 2.17 bits per heavy atom. The number of rotatable bonds is 0. The second kappa shape index (κ2) is 7.94. The van der Waals surface area contributed by atoms with Crippen LogP contribution in [0.2, 0.25) is 0 Å². The number of imidazole rings is 2. The Kier molecular flexibility index (Phi) is 6.10. The molecule has 3 rings (SSSR count). The van der Waals surface area contributed by atoms with E-state index in [1.165, 1.54) is 0 Å². The van der Waals surface area contributed by atoms with Crippen LogP contribution in [0.4, 0.5) is 0 Å². The fraction of sp³-hybridized carbons (Fsp3) is 0.333. The van der Waals surface area contributed by atoms with E-state index in [4.69, 9.17) is 0 Å². The molecule has 0 aliphatic carbocycles. The fourth-order valence-corrected chi connectivity index (χ4v) is 1.02. The molecule has 0 saturated carbocycles. The summed E-state index contributed by atoms with van der Waals surface area (Å²) in [7, 11) is 0. The van der Waals surface area contributed by atoms with Gasteiger partial charge in [-0.25, -0.2) is 15.0 Å². The smallest absolute Gasteiger partial charge is 0.110 e. The first kappa shape index (κ1) is 13.8. The van der Waals surface area contributed by atoms with Crippen molar-refractivity contribution in [1.82, 2.24) is 19.9 Å². The molecule has 0 spiro atoms. The van der Waals surface area contributed by atoms with Crippen LogP contribution in [0.25, 0.3) is 0 Å². The molecule has 6 heteroatoms. The Hall–Kier alpha value is -2.24. The average molecular weight is 246 g/mol. The molecule has 3 heterocycles. The zero-order chi connectivity index (χ0) is 13.2. The highest BCUT2D eigenvalue weighted by molar-refractivity contribution is 5.94. The molecule has 96 valence electrons. The van der Waals surface area contributed by atoms with Crippen molar-refractivity contribution in [1.29, 1.82) is 0 Å². The predicted molar refractivity (Wildman–Crippen MR) is 73.1 cm³/mol. The fourth-order valence-electron chi connectivity index (χ4n) is 1.02. The minimum absolute atomic E-state index is 0.806. The summed E-state index contributed by atoms with van der Waals surface area (Å²) in [4.78, 5) is 21.1. The lowest BCUT2D eigenvalue weighted by Gasteiger charge is -1.75. The summed E-state index contributed by atoms with van der Waals surface area (Å²) in [5.74, 6) is 0.968. The maximum atomic E-state index is 3.86. The number of aromatic nitrogens is 4. The highest BCUT2D eigenvalue weighted by Gasteiger charge is 1.89. The molecule has 0 radical (unpaired) electrons. The Labute approximate surface area is 106 Å². The quantitative estimate of drug-likeness (QED) is 0.744. The van der Waals surface area contributed by atoms with Gasteiger partial charge in [0.1, 0.15) is 12.2 Å². The van der Waals surface area contributed by atoms with Crippen LogP contribution in [0.3, 0.4) is 0 Å². The highest BCUT2D eigenvalue weighted by Crippen LogP contribution is 1.83. The lowest BCUT2D eigenvalue weighted by atomic mass is 10.4. The molecular weight excluding hydrogens is 228 g/mol. The first-order valence-electron chi connectivity index (χ1n) is 5.61. The third-order valence-corrected chi connectivity index (χ3v) is 1.95. The van der Waals surface area contributed by atoms with Crippen LogP contribution < -0.4 is 0 Å². The molecule has 2 N–H and O–H groups in total. The molecule has 0 fully saturated rings. The zero-order valence-electron chi connectivity index (χ0n) is 10.9. The van der Waals surface area contributed by atoms with Gasteiger partial charge in [-0.2, -0.15) is 0 Å². The van der Waals surface area contributed by atoms with Gasteiger partial charge in [-0.05, 0) is 20.8 Å². The van der Waals surface area contributed by atoms with Crippen LogP contribution in [0, 0.1) is 13.8 Å². The lowest BCUT2D eigenvalue weighted by molar-refractivity contribution is 1.15. The van der Waals surface area contributed by atoms with Crippen molar-refractivity contribution in [2.75, 3.05) is 6.54 Å². The van der Waals surface area contributed by atoms with Crippen molar-refractivity contribution >= 4 is 12.1 Å². The summed E-state index contributed by atoms with van der Waals surface area (Å²) >= 11 is 0. The lowest BCUT2D eigenvalue weighted by Crippen LogP contribution is -1.87. The Bertz CT molecular complexity index is 434. The van der Waals surface area contributed by atoms with Gasteiger partial charge in [-0.15, -0.1) is 0 Å². The number of nitrogens with one attached hydrogen (secondary N) is 2. The van der Waals surface area contributed by atoms with Crippen molar-refractivity contribution in [3.05, 3.63) is 36.4 Å². The molecule has 2 aromatic heterocycles. The van der Waals surface area contributed by atoms with Gasteiger partial charge in [0.05, 0.1) is 12.9 Å². The predicted octanol–water partition coefficient (Wildman–Crippen LogP) is 1.93. The van der Waals surface area contributed by atoms with E-state index in [1.54, 1.807) is 31.3 Å². The van der Waals surface area contributed by atoms with E-state index in [0.717, 1.165) is 23.8 Å². The molecule has 1 aliphatic rings. The molecular formula is C12H18N6. The first-order valence-corrected chi connectivity index (χ1v) is 5.61. The van der Waals surface area contributed by atoms with E-state index < -0.39 is 0 Å². The summed E-state index contributed by atoms with van der Waals surface area (Å²) < 4.78 is 0. The van der Waals surface area contributed by atoms with Crippen LogP contribution in [-0.4, -0.2) is 38.5 Å². The van der Waals surface area contributed by atoms with Crippen LogP contribution in [0.15, 0.2) is 34.9 Å². The third-order valence-electron chi connectivity index (χ3n) is 1.95. The van der Waals surface area contributed by atoms with Gasteiger partial charge >= 0.3 is 0 Å². The van der Waals surface area contributed by atoms with Crippen LogP contribution in [-0.2, 0) is 0 Å². The zero-order valence-corrected chi connectivity index (χ0v) is 10.9. The van der Waals surface area contributed by atoms with Gasteiger partial charge in [-0.1, -0.05) is 0 Å². The minimum Gasteiger partial charge on any atom is -0.349 e. The molecule has 0 saturated heterocycles. The number of aliphatic imine (C=N–C) groups is 2. The molecule has 1 aliphatic heterocycles. The molecule has 6 nitrogen and oxygen atoms in total. The molecule has 18 heavy (non-hydrogen) atoms. The SMILES string of the molecule is CC1=NC=NC1.Cc1cnc[nH]1.Cc1ncc[nH]1. The van der Waals surface area contributed by atoms with Gasteiger partial charge in [0, 0.05) is 30.0 Å². The van der Waals surface area contributed by atoms with E-state index in [0.29, 0.717) is 0 Å². The van der Waals surface area contributed by atoms with Crippen molar-refractivity contribution < 1.29 is 0 Å². The minimum atomic E-state index is 0.806. The summed E-state index contributed by atoms with van der Waals surface area (Å²) in [6, 6.07) is 0. The number of aromatic amines is 2. The summed E-state index contributed by atoms with van der Waals surface area (Å²) in [6.45, 7) is 6.65. The van der Waals surface area contributed by atoms with Crippen molar-refractivity contribution in [2.45, 2.75) is 20.8 Å². The Morgan fingerprint density at radius 2 is 2.00 bits per heavy atom. The van der Waals surface area contributed by atoms with Crippen molar-refractivity contribution in [3.8, 4) is 0 Å². The van der Waals surface area contributed by atoms with E-state index in [9.17, 15) is 0 Å². The second-order valence-corrected chi connectivity index (χ2v) is 3.73. The normalized spacial score (nSPS) is 12.1. The van der Waals surface area contributed by atoms with E-state index >= 15 is 0 Å². The van der Waals surface area contributed by atoms with Crippen molar-refractivity contribution in [2.24, 2.45) is 9.98 Å². The molecule has 2 aromatic rings. The highest BCUT2D eigenvalue weighted by atomic mass is 14.9. The number of hydrogen-bond acceptors (Lipinski definition) is 4. The third kappa shape index (κ3) is 6.37. The number of aryl methyl sites for hydroxylation is 2. The number of nitrogens with zero attached hydrogens (tertiary/aromatic N) is 4. The molecule has 0 unspecified atom stereocenters. The second-order valence-electron chi connectivity index (χ2n) is 3.73. The van der Waals surface area contributed by atoms with Crippen LogP contribution in [0.1, 0.15) is 18.4 Å². The van der Waals surface area contributed by atoms with E-state index in [2.05, 4.69) is 29.9 Å². The standard InChI is InChI=1S/3C4H6N2/c2*1-4-2-5-3-6-4;1-4-5-2-3-6-4/h3H,2H2,1H3;2*2-3H,1H3,(H,5,6). The van der Waals surface area contributed by atoms with Gasteiger partial charge in [0.25, 0.3) is 0 Å². The summed E-state index contributed by atoms with van der Waals surface area (Å²) in [5.41, 5.74) is 2.21. The molecule has 0 amide bonds. The Balaban J connectivity index is 0.000000135. The average Bonchev–Trinajstić information content (AvgIpc) is 3.05. The monoisotopic (exact) mass is 246 g/mol. The topological polar surface area (TPSA) is 82.1 Å². The maximum absolute atomic E-state index is 3.86. The van der Waals surface area contributed by atoms with E-state index in [1.807, 2.05) is 20.8 Å². The van der Waals surface area contributed by atoms with Crippen molar-refractivity contribution in [3.63, 3.8) is 0 Å². The Morgan fingerprint density at radius 1 is 1.17 bits per heavy atom. The molecule has 0 bridgehead atoms. The summed E-state index contributed by atoms with van der Waals surface area (Å²) in [5, 5.41) is 0. The van der Waals surface area contributed by atoms with Crippen LogP contribution >= 0.6 is 0 Å². The van der Waals surface area contributed by atoms with Gasteiger partial charge in [0.15, 0.2) is 0 Å². The first-order chi connectivity index (χ1) is 8.68. The molecule has 0 aromatic carbocycles. The maximum Gasteiger partial charge on any atom is 0.110 e. The van der Waals surface area contributed by atoms with Crippen LogP contribution in [0.5, 0.6) is 0 Å². The van der Waals surface area contributed by atoms with Gasteiger partial charge < -0.3 is 9.97 Å². The number of hydrogen-bond donors (Lipinski definition) is 2. The number of H-pyrrole nitrogens is 2.